The van der Waals surface area contributed by atoms with Crippen LogP contribution >= 0.6 is 0 Å². The van der Waals surface area contributed by atoms with Crippen molar-refractivity contribution >= 4 is 23.1 Å². The summed E-state index contributed by atoms with van der Waals surface area (Å²) in [5.74, 6) is -0.250. The predicted octanol–water partition coefficient (Wildman–Crippen LogP) is 1.11. The second-order valence-electron chi connectivity index (χ2n) is 3.16. The molecule has 4 nitrogen and oxygen atoms in total. The zero-order valence-electron chi connectivity index (χ0n) is 9.36. The van der Waals surface area contributed by atoms with Crippen LogP contribution in [0.25, 0.3) is 0 Å². The fourth-order valence-corrected chi connectivity index (χ4v) is 0.701. The van der Waals surface area contributed by atoms with E-state index in [9.17, 15) is 19.2 Å². The number of carbonyl (C=O) groups excluding carboxylic acids is 4. The minimum Gasteiger partial charge on any atom is -0.300 e. The van der Waals surface area contributed by atoms with Crippen LogP contribution in [0.3, 0.4) is 0 Å². The van der Waals surface area contributed by atoms with Gasteiger partial charge in [-0.3, -0.25) is 19.2 Å². The Morgan fingerprint density at radius 1 is 0.600 bits per heavy atom. The molecule has 0 unspecified atom stereocenters. The van der Waals surface area contributed by atoms with Gasteiger partial charge in [0.15, 0.2) is 0 Å². The molecule has 0 atom stereocenters. The Morgan fingerprint density at radius 3 is 0.733 bits per heavy atom. The first kappa shape index (κ1) is 19.9. The molecule has 0 aromatic heterocycles. The average molecular weight is 395 g/mol. The monoisotopic (exact) mass is 395 g/mol. The standard InChI is InChI=1S/2C5H8O2.Pt/c2*1-4(6)3-5(2)7;/h2*3H2,1-2H3;. The molecule has 0 saturated carbocycles. The van der Waals surface area contributed by atoms with E-state index in [0.717, 1.165) is 0 Å². The molecule has 0 aliphatic heterocycles. The van der Waals surface area contributed by atoms with Gasteiger partial charge in [0.2, 0.25) is 0 Å². The van der Waals surface area contributed by atoms with E-state index in [4.69, 9.17) is 0 Å². The van der Waals surface area contributed by atoms with Crippen LogP contribution in [0.1, 0.15) is 40.5 Å². The molecule has 0 heterocycles. The molecule has 0 amide bonds. The van der Waals surface area contributed by atoms with E-state index in [1.54, 1.807) is 0 Å². The largest absolute Gasteiger partial charge is 0.300 e. The number of hydrogen-bond donors (Lipinski definition) is 0. The van der Waals surface area contributed by atoms with Gasteiger partial charge in [-0.1, -0.05) is 0 Å². The van der Waals surface area contributed by atoms with Crippen molar-refractivity contribution < 1.29 is 40.2 Å². The molecule has 0 aromatic carbocycles. The molecule has 0 fully saturated rings. The molecule has 0 radical (unpaired) electrons. The Kier molecular flexibility index (Phi) is 15.2. The summed E-state index contributed by atoms with van der Waals surface area (Å²) in [6, 6.07) is 0. The van der Waals surface area contributed by atoms with Crippen molar-refractivity contribution in [3.8, 4) is 0 Å². The van der Waals surface area contributed by atoms with Gasteiger partial charge in [-0.2, -0.15) is 0 Å². The van der Waals surface area contributed by atoms with Gasteiger partial charge >= 0.3 is 0 Å². The van der Waals surface area contributed by atoms with Crippen molar-refractivity contribution in [1.29, 1.82) is 0 Å². The Hall–Kier alpha value is -0.632. The van der Waals surface area contributed by atoms with Gasteiger partial charge in [-0.05, 0) is 27.7 Å². The van der Waals surface area contributed by atoms with Gasteiger partial charge in [0.25, 0.3) is 0 Å². The molecule has 0 bridgehead atoms. The summed E-state index contributed by atoms with van der Waals surface area (Å²) < 4.78 is 0. The van der Waals surface area contributed by atoms with Gasteiger partial charge in [0.1, 0.15) is 23.1 Å². The quantitative estimate of drug-likeness (QED) is 0.669. The van der Waals surface area contributed by atoms with Crippen molar-refractivity contribution in [2.24, 2.45) is 0 Å². The van der Waals surface area contributed by atoms with Crippen LogP contribution < -0.4 is 0 Å². The summed E-state index contributed by atoms with van der Waals surface area (Å²) in [6.45, 7) is 5.62. The van der Waals surface area contributed by atoms with E-state index in [2.05, 4.69) is 0 Å². The van der Waals surface area contributed by atoms with E-state index in [1.165, 1.54) is 27.7 Å². The van der Waals surface area contributed by atoms with Crippen LogP contribution in [0, 0.1) is 0 Å². The molecule has 15 heavy (non-hydrogen) atoms. The maximum Gasteiger partial charge on any atom is 0.137 e. The summed E-state index contributed by atoms with van der Waals surface area (Å²) in [5, 5.41) is 0. The van der Waals surface area contributed by atoms with Crippen LogP contribution in [-0.4, -0.2) is 23.1 Å². The first-order valence-corrected chi connectivity index (χ1v) is 4.23. The van der Waals surface area contributed by atoms with Gasteiger partial charge in [-0.25, -0.2) is 0 Å². The molecule has 90 valence electrons. The maximum absolute atomic E-state index is 10.0. The average Bonchev–Trinajstić information content (AvgIpc) is 1.79. The van der Waals surface area contributed by atoms with E-state index < -0.39 is 0 Å². The zero-order valence-corrected chi connectivity index (χ0v) is 11.6. The minimum absolute atomic E-state index is 0. The Labute approximate surface area is 104 Å². The first-order chi connectivity index (χ1) is 6.25. The first-order valence-electron chi connectivity index (χ1n) is 4.23. The van der Waals surface area contributed by atoms with Crippen LogP contribution in [0.4, 0.5) is 0 Å². The van der Waals surface area contributed by atoms with E-state index in [1.807, 2.05) is 0 Å². The van der Waals surface area contributed by atoms with Gasteiger partial charge in [-0.15, -0.1) is 0 Å². The summed E-state index contributed by atoms with van der Waals surface area (Å²) in [4.78, 5) is 40.1. The molecular formula is C10H16O4Pt. The number of Topliss-reactive ketones (excluding diaryl/α,β-unsaturated/α-hetero) is 4. The van der Waals surface area contributed by atoms with Crippen LogP contribution in [0.5, 0.6) is 0 Å². The number of rotatable bonds is 4. The van der Waals surface area contributed by atoms with Crippen molar-refractivity contribution in [1.82, 2.24) is 0 Å². The summed E-state index contributed by atoms with van der Waals surface area (Å²) in [7, 11) is 0. The topological polar surface area (TPSA) is 68.3 Å². The predicted molar refractivity (Wildman–Crippen MR) is 52.0 cm³/mol. The molecule has 5 heteroatoms. The van der Waals surface area contributed by atoms with Crippen molar-refractivity contribution in [2.75, 3.05) is 0 Å². The second-order valence-corrected chi connectivity index (χ2v) is 3.16. The number of carbonyl (C=O) groups is 4. The maximum atomic E-state index is 10.0. The third-order valence-corrected chi connectivity index (χ3v) is 0.996. The zero-order chi connectivity index (χ0) is 11.7. The number of ketones is 4. The molecule has 0 aliphatic rings. The molecular weight excluding hydrogens is 379 g/mol. The summed E-state index contributed by atoms with van der Waals surface area (Å²) in [5.41, 5.74) is 0. The van der Waals surface area contributed by atoms with Crippen molar-refractivity contribution in [3.05, 3.63) is 0 Å². The molecule has 0 rings (SSSR count). The smallest absolute Gasteiger partial charge is 0.137 e. The van der Waals surface area contributed by atoms with Crippen LogP contribution in [-0.2, 0) is 40.2 Å². The van der Waals surface area contributed by atoms with E-state index in [0.29, 0.717) is 0 Å². The van der Waals surface area contributed by atoms with E-state index >= 15 is 0 Å². The van der Waals surface area contributed by atoms with Crippen LogP contribution in [0.2, 0.25) is 0 Å². The molecule has 0 aliphatic carbocycles. The van der Waals surface area contributed by atoms with Crippen molar-refractivity contribution in [3.63, 3.8) is 0 Å². The van der Waals surface area contributed by atoms with Gasteiger partial charge in [0.05, 0.1) is 12.8 Å². The number of hydrogen-bond acceptors (Lipinski definition) is 4. The van der Waals surface area contributed by atoms with Crippen molar-refractivity contribution in [2.45, 2.75) is 40.5 Å². The fourth-order valence-electron chi connectivity index (χ4n) is 0.701. The Balaban J connectivity index is -0.000000180. The molecule has 0 spiro atoms. The third kappa shape index (κ3) is 31.8. The summed E-state index contributed by atoms with van der Waals surface area (Å²) in [6.07, 6.45) is 0.167. The normalized spacial score (nSPS) is 7.73. The molecule has 0 N–H and O–H groups in total. The summed E-state index contributed by atoms with van der Waals surface area (Å²) >= 11 is 0. The minimum atomic E-state index is -0.0625. The second kappa shape index (κ2) is 11.4. The third-order valence-electron chi connectivity index (χ3n) is 0.996. The van der Waals surface area contributed by atoms with Gasteiger partial charge in [0, 0.05) is 21.1 Å². The fraction of sp³-hybridized carbons (Fsp3) is 0.600. The van der Waals surface area contributed by atoms with Crippen LogP contribution in [0.15, 0.2) is 0 Å². The Morgan fingerprint density at radius 2 is 0.733 bits per heavy atom. The molecule has 0 aromatic rings. The van der Waals surface area contributed by atoms with Gasteiger partial charge < -0.3 is 0 Å². The molecule has 0 saturated heterocycles. The SMILES string of the molecule is CC(=O)CC(C)=O.CC(=O)CC(C)=O.[Pt]. The Bertz CT molecular complexity index is 196. The van der Waals surface area contributed by atoms with E-state index in [-0.39, 0.29) is 57.0 Å².